The monoisotopic (exact) mass is 282 g/mol. The van der Waals surface area contributed by atoms with Crippen LogP contribution in [0.1, 0.15) is 44.4 Å². The molecule has 0 radical (unpaired) electrons. The summed E-state index contributed by atoms with van der Waals surface area (Å²) in [4.78, 5) is 5.32. The van der Waals surface area contributed by atoms with E-state index in [-0.39, 0.29) is 0 Å². The molecule has 0 aliphatic rings. The Balaban J connectivity index is 2.38. The molecule has 1 aromatic heterocycles. The van der Waals surface area contributed by atoms with Crippen molar-refractivity contribution in [2.45, 2.75) is 47.7 Å². The van der Waals surface area contributed by atoms with Crippen LogP contribution in [0.2, 0.25) is 0 Å². The minimum absolute atomic E-state index is 0.369. The Labute approximate surface area is 123 Å². The lowest BCUT2D eigenvalue weighted by Crippen LogP contribution is -2.28. The first-order valence-corrected chi connectivity index (χ1v) is 8.05. The van der Waals surface area contributed by atoms with Crippen molar-refractivity contribution >= 4 is 11.3 Å². The van der Waals surface area contributed by atoms with Crippen molar-refractivity contribution in [3.05, 3.63) is 21.9 Å². The van der Waals surface area contributed by atoms with Crippen molar-refractivity contribution in [1.29, 1.82) is 0 Å². The normalized spacial score (nSPS) is 12.6. The number of hydrogen-bond donors (Lipinski definition) is 1. The van der Waals surface area contributed by atoms with Crippen LogP contribution in [-0.4, -0.2) is 25.0 Å². The molecular weight excluding hydrogens is 252 g/mol. The molecule has 0 spiro atoms. The molecule has 0 aliphatic heterocycles. The maximum absolute atomic E-state index is 3.50. The third-order valence-corrected chi connectivity index (χ3v) is 3.81. The van der Waals surface area contributed by atoms with E-state index < -0.39 is 0 Å². The fraction of sp³-hybridized carbons (Fsp3) is 0.750. The molecule has 0 amide bonds. The summed E-state index contributed by atoms with van der Waals surface area (Å²) in [6.45, 7) is 15.7. The van der Waals surface area contributed by atoms with Gasteiger partial charge in [0.2, 0.25) is 0 Å². The summed E-state index contributed by atoms with van der Waals surface area (Å²) in [5.74, 6) is 0.720. The Kier molecular flexibility index (Phi) is 6.51. The van der Waals surface area contributed by atoms with Crippen LogP contribution in [0.15, 0.2) is 12.1 Å². The van der Waals surface area contributed by atoms with E-state index in [0.29, 0.717) is 5.41 Å². The first-order valence-electron chi connectivity index (χ1n) is 7.23. The maximum Gasteiger partial charge on any atom is 0.0325 e. The van der Waals surface area contributed by atoms with Crippen molar-refractivity contribution in [1.82, 2.24) is 10.2 Å². The third kappa shape index (κ3) is 7.71. The standard InChI is InChI=1S/C16H30N2S/c1-13(2)9-17-10-14-7-8-15(19-14)11-18(6)12-16(3,4)5/h7-8,13,17H,9-12H2,1-6H3. The van der Waals surface area contributed by atoms with Gasteiger partial charge in [0, 0.05) is 29.4 Å². The smallest absolute Gasteiger partial charge is 0.0325 e. The zero-order chi connectivity index (χ0) is 14.5. The molecule has 0 bridgehead atoms. The molecule has 0 aromatic carbocycles. The van der Waals surface area contributed by atoms with E-state index in [1.807, 2.05) is 11.3 Å². The molecule has 0 atom stereocenters. The lowest BCUT2D eigenvalue weighted by molar-refractivity contribution is 0.222. The first kappa shape index (κ1) is 16.7. The van der Waals surface area contributed by atoms with Crippen LogP contribution < -0.4 is 5.32 Å². The van der Waals surface area contributed by atoms with E-state index in [1.165, 1.54) is 9.75 Å². The second-order valence-electron chi connectivity index (χ2n) is 7.13. The molecule has 1 heterocycles. The van der Waals surface area contributed by atoms with Gasteiger partial charge in [-0.05, 0) is 37.1 Å². The summed E-state index contributed by atoms with van der Waals surface area (Å²) in [5.41, 5.74) is 0.369. The predicted molar refractivity (Wildman–Crippen MR) is 86.7 cm³/mol. The van der Waals surface area contributed by atoms with Gasteiger partial charge in [0.05, 0.1) is 0 Å². The quantitative estimate of drug-likeness (QED) is 0.814. The van der Waals surface area contributed by atoms with Crippen molar-refractivity contribution < 1.29 is 0 Å². The second-order valence-corrected chi connectivity index (χ2v) is 8.38. The van der Waals surface area contributed by atoms with Gasteiger partial charge in [-0.2, -0.15) is 0 Å². The number of hydrogen-bond acceptors (Lipinski definition) is 3. The topological polar surface area (TPSA) is 15.3 Å². The first-order chi connectivity index (χ1) is 8.76. The SMILES string of the molecule is CC(C)CNCc1ccc(CN(C)CC(C)(C)C)s1. The zero-order valence-electron chi connectivity index (χ0n) is 13.4. The van der Waals surface area contributed by atoms with E-state index in [4.69, 9.17) is 0 Å². The Morgan fingerprint density at radius 1 is 1.21 bits per heavy atom. The minimum Gasteiger partial charge on any atom is -0.312 e. The average molecular weight is 282 g/mol. The number of thiophene rings is 1. The van der Waals surface area contributed by atoms with Crippen LogP contribution in [0.25, 0.3) is 0 Å². The van der Waals surface area contributed by atoms with Crippen molar-refractivity contribution in [3.8, 4) is 0 Å². The molecule has 3 heteroatoms. The van der Waals surface area contributed by atoms with Crippen LogP contribution in [0.4, 0.5) is 0 Å². The molecular formula is C16H30N2S. The van der Waals surface area contributed by atoms with Crippen LogP contribution in [0.3, 0.4) is 0 Å². The molecule has 0 saturated carbocycles. The van der Waals surface area contributed by atoms with Gasteiger partial charge in [-0.15, -0.1) is 11.3 Å². The molecule has 19 heavy (non-hydrogen) atoms. The second kappa shape index (κ2) is 7.41. The predicted octanol–water partition coefficient (Wildman–Crippen LogP) is 3.97. The highest BCUT2D eigenvalue weighted by molar-refractivity contribution is 7.11. The zero-order valence-corrected chi connectivity index (χ0v) is 14.2. The third-order valence-electron chi connectivity index (χ3n) is 2.74. The van der Waals surface area contributed by atoms with Gasteiger partial charge in [-0.3, -0.25) is 0 Å². The van der Waals surface area contributed by atoms with E-state index in [1.54, 1.807) is 0 Å². The van der Waals surface area contributed by atoms with Crippen LogP contribution >= 0.6 is 11.3 Å². The van der Waals surface area contributed by atoms with E-state index in [2.05, 4.69) is 64.0 Å². The number of rotatable bonds is 7. The molecule has 0 aliphatic carbocycles. The van der Waals surface area contributed by atoms with Crippen LogP contribution in [0, 0.1) is 11.3 Å². The van der Waals surface area contributed by atoms with Crippen molar-refractivity contribution in [2.75, 3.05) is 20.1 Å². The summed E-state index contributed by atoms with van der Waals surface area (Å²) in [7, 11) is 2.21. The fourth-order valence-corrected chi connectivity index (χ4v) is 3.29. The summed E-state index contributed by atoms with van der Waals surface area (Å²) >= 11 is 1.93. The molecule has 110 valence electrons. The molecule has 0 unspecified atom stereocenters. The molecule has 0 fully saturated rings. The highest BCUT2D eigenvalue weighted by Gasteiger charge is 2.14. The van der Waals surface area contributed by atoms with Gasteiger partial charge in [0.15, 0.2) is 0 Å². The number of nitrogens with zero attached hydrogens (tertiary/aromatic N) is 1. The van der Waals surface area contributed by atoms with Crippen LogP contribution in [-0.2, 0) is 13.1 Å². The van der Waals surface area contributed by atoms with Gasteiger partial charge >= 0.3 is 0 Å². The summed E-state index contributed by atoms with van der Waals surface area (Å²) in [5, 5.41) is 3.50. The van der Waals surface area contributed by atoms with E-state index in [9.17, 15) is 0 Å². The van der Waals surface area contributed by atoms with Gasteiger partial charge in [-0.1, -0.05) is 34.6 Å². The fourth-order valence-electron chi connectivity index (χ4n) is 2.22. The maximum atomic E-state index is 3.50. The molecule has 1 N–H and O–H groups in total. The van der Waals surface area contributed by atoms with Crippen molar-refractivity contribution in [2.24, 2.45) is 11.3 Å². The highest BCUT2D eigenvalue weighted by atomic mass is 32.1. The Morgan fingerprint density at radius 2 is 1.84 bits per heavy atom. The Morgan fingerprint density at radius 3 is 2.42 bits per heavy atom. The van der Waals surface area contributed by atoms with Crippen molar-refractivity contribution in [3.63, 3.8) is 0 Å². The van der Waals surface area contributed by atoms with E-state index >= 15 is 0 Å². The molecule has 1 rings (SSSR count). The van der Waals surface area contributed by atoms with Gasteiger partial charge in [0.1, 0.15) is 0 Å². The summed E-state index contributed by atoms with van der Waals surface area (Å²) in [6, 6.07) is 4.54. The molecule has 0 saturated heterocycles. The lowest BCUT2D eigenvalue weighted by atomic mass is 9.96. The van der Waals surface area contributed by atoms with Gasteiger partial charge in [-0.25, -0.2) is 0 Å². The average Bonchev–Trinajstić information content (AvgIpc) is 2.61. The number of nitrogens with one attached hydrogen (secondary N) is 1. The van der Waals surface area contributed by atoms with Gasteiger partial charge in [0.25, 0.3) is 0 Å². The largest absolute Gasteiger partial charge is 0.312 e. The van der Waals surface area contributed by atoms with Crippen LogP contribution in [0.5, 0.6) is 0 Å². The minimum atomic E-state index is 0.369. The van der Waals surface area contributed by atoms with E-state index in [0.717, 1.165) is 32.1 Å². The van der Waals surface area contributed by atoms with Gasteiger partial charge < -0.3 is 10.2 Å². The summed E-state index contributed by atoms with van der Waals surface area (Å²) < 4.78 is 0. The molecule has 2 nitrogen and oxygen atoms in total. The highest BCUT2D eigenvalue weighted by Crippen LogP contribution is 2.20. The lowest BCUT2D eigenvalue weighted by Gasteiger charge is -2.25. The Bertz CT molecular complexity index is 363. The molecule has 1 aromatic rings. The summed E-state index contributed by atoms with van der Waals surface area (Å²) in [6.07, 6.45) is 0. The Hall–Kier alpha value is -0.380.